The largest absolute Gasteiger partial charge is 0.460 e. The molecule has 28 heavy (non-hydrogen) atoms. The lowest BCUT2D eigenvalue weighted by molar-refractivity contribution is -0.157. The van der Waals surface area contributed by atoms with Gasteiger partial charge in [-0.3, -0.25) is 14.5 Å². The Labute approximate surface area is 171 Å². The molecular formula is C19H29NO6SSi. The van der Waals surface area contributed by atoms with Crippen molar-refractivity contribution in [2.75, 3.05) is 13.2 Å². The molecule has 2 aliphatic heterocycles. The van der Waals surface area contributed by atoms with E-state index in [0.717, 1.165) is 0 Å². The van der Waals surface area contributed by atoms with Crippen LogP contribution in [0.1, 0.15) is 26.7 Å². The molecule has 0 N–H and O–H groups in total. The Bertz CT molecular complexity index is 686. The van der Waals surface area contributed by atoms with Crippen LogP contribution in [0.25, 0.3) is 0 Å². The topological polar surface area (TPSA) is 82.1 Å². The normalized spacial score (nSPS) is 22.5. The average Bonchev–Trinajstić information content (AvgIpc) is 2.90. The van der Waals surface area contributed by atoms with Crippen LogP contribution >= 0.6 is 11.8 Å². The van der Waals surface area contributed by atoms with Crippen molar-refractivity contribution < 1.29 is 28.3 Å². The van der Waals surface area contributed by atoms with Gasteiger partial charge in [0.25, 0.3) is 0 Å². The van der Waals surface area contributed by atoms with Crippen LogP contribution in [0.2, 0.25) is 19.6 Å². The Morgan fingerprint density at radius 3 is 2.57 bits per heavy atom. The van der Waals surface area contributed by atoms with Gasteiger partial charge in [0.15, 0.2) is 8.32 Å². The lowest BCUT2D eigenvalue weighted by Crippen LogP contribution is -2.62. The van der Waals surface area contributed by atoms with Crippen LogP contribution in [0.15, 0.2) is 23.3 Å². The van der Waals surface area contributed by atoms with E-state index in [0.29, 0.717) is 17.7 Å². The molecule has 1 fully saturated rings. The molecule has 1 saturated heterocycles. The van der Waals surface area contributed by atoms with Gasteiger partial charge in [-0.05, 0) is 33.0 Å². The second-order valence-corrected chi connectivity index (χ2v) is 13.4. The van der Waals surface area contributed by atoms with Crippen molar-refractivity contribution in [2.45, 2.75) is 57.8 Å². The number of ether oxygens (including phenoxy) is 2. The number of esters is 2. The highest BCUT2D eigenvalue weighted by molar-refractivity contribution is 8.04. The molecule has 1 amide bonds. The first kappa shape index (κ1) is 22.7. The number of β-lactam (4-membered cyclic amide) rings is 1. The Hall–Kier alpha value is -1.58. The SMILES string of the molecule is C=CCOC(=O)C1=C(COC(=O)CCC)S[C@@H]2[C@@H]([C@@H](C)O[Si](C)(C)C)C(=O)N12. The van der Waals surface area contributed by atoms with Gasteiger partial charge >= 0.3 is 11.9 Å². The first-order chi connectivity index (χ1) is 13.1. The number of thioether (sulfide) groups is 1. The number of amides is 1. The quantitative estimate of drug-likeness (QED) is 0.229. The van der Waals surface area contributed by atoms with E-state index in [4.69, 9.17) is 13.9 Å². The van der Waals surface area contributed by atoms with Crippen molar-refractivity contribution in [1.29, 1.82) is 0 Å². The highest BCUT2D eigenvalue weighted by Crippen LogP contribution is 2.51. The maximum Gasteiger partial charge on any atom is 0.356 e. The molecule has 0 radical (unpaired) electrons. The number of hydrogen-bond acceptors (Lipinski definition) is 7. The molecule has 7 nitrogen and oxygen atoms in total. The van der Waals surface area contributed by atoms with Crippen LogP contribution in [-0.2, 0) is 28.3 Å². The fourth-order valence-corrected chi connectivity index (χ4v) is 5.96. The molecule has 0 saturated carbocycles. The Kier molecular flexibility index (Phi) is 7.52. The number of carbonyl (C=O) groups is 3. The number of carbonyl (C=O) groups excluding carboxylic acids is 3. The summed E-state index contributed by atoms with van der Waals surface area (Å²) in [6.45, 7) is 13.5. The molecule has 0 bridgehead atoms. The van der Waals surface area contributed by atoms with E-state index >= 15 is 0 Å². The number of nitrogens with zero attached hydrogens (tertiary/aromatic N) is 1. The highest BCUT2D eigenvalue weighted by atomic mass is 32.2. The summed E-state index contributed by atoms with van der Waals surface area (Å²) in [5, 5.41) is -0.245. The molecule has 0 aromatic rings. The fourth-order valence-electron chi connectivity index (χ4n) is 3.19. The molecule has 0 unspecified atom stereocenters. The number of rotatable bonds is 10. The highest BCUT2D eigenvalue weighted by Gasteiger charge is 2.58. The van der Waals surface area contributed by atoms with Crippen LogP contribution in [-0.4, -0.2) is 55.8 Å². The van der Waals surface area contributed by atoms with Gasteiger partial charge in [0.05, 0.1) is 16.9 Å². The zero-order chi connectivity index (χ0) is 21.1. The van der Waals surface area contributed by atoms with Crippen LogP contribution < -0.4 is 0 Å². The van der Waals surface area contributed by atoms with E-state index in [1.54, 1.807) is 0 Å². The predicted octanol–water partition coefficient (Wildman–Crippen LogP) is 3.04. The third-order valence-electron chi connectivity index (χ3n) is 4.24. The van der Waals surface area contributed by atoms with E-state index in [1.807, 2.05) is 13.8 Å². The van der Waals surface area contributed by atoms with Crippen LogP contribution in [0.5, 0.6) is 0 Å². The smallest absolute Gasteiger partial charge is 0.356 e. The van der Waals surface area contributed by atoms with E-state index in [2.05, 4.69) is 26.2 Å². The molecule has 0 aliphatic carbocycles. The van der Waals surface area contributed by atoms with Crippen LogP contribution in [0.4, 0.5) is 0 Å². The second kappa shape index (κ2) is 9.28. The number of hydrogen-bond donors (Lipinski definition) is 0. The van der Waals surface area contributed by atoms with Gasteiger partial charge in [0.1, 0.15) is 24.3 Å². The third-order valence-corrected chi connectivity index (χ3v) is 6.66. The molecule has 2 rings (SSSR count). The standard InChI is InChI=1S/C19H29NO6SSi/c1-7-9-14(21)25-11-13-16(19(23)24-10-8-2)20-17(22)15(18(20)27-13)12(3)26-28(4,5)6/h8,12,15,18H,2,7,9-11H2,1,3-6H3/t12-,15+,18-/m1/s1. The minimum Gasteiger partial charge on any atom is -0.460 e. The minimum absolute atomic E-state index is 0.0428. The minimum atomic E-state index is -1.82. The zero-order valence-corrected chi connectivity index (χ0v) is 19.0. The Balaban J connectivity index is 2.17. The molecule has 0 aromatic heterocycles. The van der Waals surface area contributed by atoms with Gasteiger partial charge in [-0.1, -0.05) is 31.3 Å². The van der Waals surface area contributed by atoms with Gasteiger partial charge in [-0.2, -0.15) is 0 Å². The van der Waals surface area contributed by atoms with Crippen molar-refractivity contribution in [1.82, 2.24) is 4.90 Å². The maximum atomic E-state index is 12.8. The lowest BCUT2D eigenvalue weighted by atomic mass is 9.92. The van der Waals surface area contributed by atoms with Gasteiger partial charge in [0, 0.05) is 6.42 Å². The molecule has 2 heterocycles. The van der Waals surface area contributed by atoms with Crippen LogP contribution in [0, 0.1) is 5.92 Å². The third kappa shape index (κ3) is 5.06. The zero-order valence-electron chi connectivity index (χ0n) is 17.1. The molecule has 0 spiro atoms. The summed E-state index contributed by atoms with van der Waals surface area (Å²) >= 11 is 1.37. The van der Waals surface area contributed by atoms with Gasteiger partial charge in [-0.25, -0.2) is 4.79 Å². The molecular weight excluding hydrogens is 398 g/mol. The van der Waals surface area contributed by atoms with E-state index in [-0.39, 0.29) is 48.2 Å². The Morgan fingerprint density at radius 1 is 1.32 bits per heavy atom. The Morgan fingerprint density at radius 2 is 2.00 bits per heavy atom. The predicted molar refractivity (Wildman–Crippen MR) is 110 cm³/mol. The summed E-state index contributed by atoms with van der Waals surface area (Å²) < 4.78 is 16.5. The van der Waals surface area contributed by atoms with Gasteiger partial charge in [-0.15, -0.1) is 0 Å². The summed E-state index contributed by atoms with van der Waals surface area (Å²) in [5.41, 5.74) is 0.169. The molecule has 9 heteroatoms. The molecule has 0 aromatic carbocycles. The molecule has 3 atom stereocenters. The summed E-state index contributed by atoms with van der Waals surface area (Å²) in [4.78, 5) is 39.1. The van der Waals surface area contributed by atoms with Gasteiger partial charge < -0.3 is 13.9 Å². The second-order valence-electron chi connectivity index (χ2n) is 7.75. The maximum absolute atomic E-state index is 12.8. The summed E-state index contributed by atoms with van der Waals surface area (Å²) in [7, 11) is -1.82. The lowest BCUT2D eigenvalue weighted by Gasteiger charge is -2.46. The van der Waals surface area contributed by atoms with Crippen molar-refractivity contribution in [3.05, 3.63) is 23.3 Å². The van der Waals surface area contributed by atoms with Crippen molar-refractivity contribution >= 4 is 37.9 Å². The van der Waals surface area contributed by atoms with E-state index < -0.39 is 14.3 Å². The molecule has 2 aliphatic rings. The summed E-state index contributed by atoms with van der Waals surface area (Å²) in [5.74, 6) is -1.45. The summed E-state index contributed by atoms with van der Waals surface area (Å²) in [6.07, 6.45) is 2.20. The first-order valence-corrected chi connectivity index (χ1v) is 13.7. The van der Waals surface area contributed by atoms with Gasteiger partial charge in [0.2, 0.25) is 5.91 Å². The summed E-state index contributed by atoms with van der Waals surface area (Å²) in [6, 6.07) is 0. The van der Waals surface area contributed by atoms with Crippen molar-refractivity contribution in [3.8, 4) is 0 Å². The number of fused-ring (bicyclic) bond motifs is 1. The van der Waals surface area contributed by atoms with Crippen molar-refractivity contribution in [3.63, 3.8) is 0 Å². The van der Waals surface area contributed by atoms with Crippen LogP contribution in [0.3, 0.4) is 0 Å². The van der Waals surface area contributed by atoms with Crippen molar-refractivity contribution in [2.24, 2.45) is 5.92 Å². The van der Waals surface area contributed by atoms with E-state index in [9.17, 15) is 14.4 Å². The molecule has 156 valence electrons. The monoisotopic (exact) mass is 427 g/mol. The first-order valence-electron chi connectivity index (χ1n) is 9.45. The average molecular weight is 428 g/mol. The van der Waals surface area contributed by atoms with E-state index in [1.165, 1.54) is 22.7 Å². The fraction of sp³-hybridized carbons (Fsp3) is 0.632.